The predicted molar refractivity (Wildman–Crippen MR) is 108 cm³/mol. The highest BCUT2D eigenvalue weighted by atomic mass is 16.5. The lowest BCUT2D eigenvalue weighted by Gasteiger charge is -2.23. The van der Waals surface area contributed by atoms with E-state index in [0.717, 1.165) is 17.9 Å². The molecule has 1 heterocycles. The Hall–Kier alpha value is -3.14. The maximum absolute atomic E-state index is 12.1. The van der Waals surface area contributed by atoms with E-state index in [0.29, 0.717) is 11.3 Å². The molecule has 0 radical (unpaired) electrons. The fraction of sp³-hybridized carbons (Fsp3) is 0.217. The molecule has 3 aromatic rings. The summed E-state index contributed by atoms with van der Waals surface area (Å²) in [5, 5.41) is 2.85. The zero-order valence-electron chi connectivity index (χ0n) is 15.9. The number of benzene rings is 2. The van der Waals surface area contributed by atoms with Gasteiger partial charge in [0, 0.05) is 18.1 Å². The summed E-state index contributed by atoms with van der Waals surface area (Å²) < 4.78 is 5.90. The molecule has 0 saturated carbocycles. The van der Waals surface area contributed by atoms with Gasteiger partial charge in [0.2, 0.25) is 0 Å². The Morgan fingerprint density at radius 2 is 1.63 bits per heavy atom. The zero-order valence-corrected chi connectivity index (χ0v) is 15.9. The van der Waals surface area contributed by atoms with E-state index in [-0.39, 0.29) is 11.3 Å². The normalized spacial score (nSPS) is 11.1. The van der Waals surface area contributed by atoms with Crippen molar-refractivity contribution in [1.29, 1.82) is 0 Å². The third kappa shape index (κ3) is 4.73. The Kier molecular flexibility index (Phi) is 5.55. The van der Waals surface area contributed by atoms with E-state index in [1.54, 1.807) is 18.3 Å². The van der Waals surface area contributed by atoms with Crippen LogP contribution in [0.15, 0.2) is 73.1 Å². The molecule has 2 aromatic carbocycles. The van der Waals surface area contributed by atoms with Crippen LogP contribution in [0.1, 0.15) is 43.1 Å². The van der Waals surface area contributed by atoms with Crippen molar-refractivity contribution >= 4 is 11.6 Å². The number of hydrogen-bond acceptors (Lipinski definition) is 3. The number of nitrogens with zero attached hydrogens (tertiary/aromatic N) is 1. The maximum Gasteiger partial charge on any atom is 0.257 e. The quantitative estimate of drug-likeness (QED) is 0.603. The minimum atomic E-state index is -0.189. The van der Waals surface area contributed by atoms with Crippen LogP contribution in [-0.2, 0) is 5.41 Å². The number of aromatic nitrogens is 1. The van der Waals surface area contributed by atoms with Crippen molar-refractivity contribution in [3.8, 4) is 11.5 Å². The number of pyridine rings is 1. The summed E-state index contributed by atoms with van der Waals surface area (Å²) in [6.45, 7) is 6.67. The molecule has 4 nitrogen and oxygen atoms in total. The van der Waals surface area contributed by atoms with Crippen molar-refractivity contribution in [1.82, 2.24) is 4.98 Å². The Morgan fingerprint density at radius 1 is 1.00 bits per heavy atom. The van der Waals surface area contributed by atoms with Gasteiger partial charge in [-0.15, -0.1) is 0 Å². The molecule has 1 amide bonds. The first-order valence-electron chi connectivity index (χ1n) is 9.08. The largest absolute Gasteiger partial charge is 0.457 e. The minimum absolute atomic E-state index is 0.159. The SMILES string of the molecule is CCC(C)(C)c1ccc(Oc2ccc(NC(=O)c3cccnc3)cc2)cc1. The topological polar surface area (TPSA) is 51.2 Å². The fourth-order valence-electron chi connectivity index (χ4n) is 2.62. The van der Waals surface area contributed by atoms with Crippen LogP contribution in [0, 0.1) is 0 Å². The average Bonchev–Trinajstić information content (AvgIpc) is 2.70. The number of nitrogens with one attached hydrogen (secondary N) is 1. The average molecular weight is 360 g/mol. The van der Waals surface area contributed by atoms with E-state index < -0.39 is 0 Å². The van der Waals surface area contributed by atoms with E-state index in [4.69, 9.17) is 4.74 Å². The Balaban J connectivity index is 1.63. The highest BCUT2D eigenvalue weighted by molar-refractivity contribution is 6.04. The van der Waals surface area contributed by atoms with Gasteiger partial charge in [0.05, 0.1) is 5.56 Å². The minimum Gasteiger partial charge on any atom is -0.457 e. The number of carbonyl (C=O) groups is 1. The van der Waals surface area contributed by atoms with E-state index in [1.807, 2.05) is 36.4 Å². The first kappa shape index (κ1) is 18.6. The molecule has 0 unspecified atom stereocenters. The summed E-state index contributed by atoms with van der Waals surface area (Å²) >= 11 is 0. The molecule has 0 atom stereocenters. The van der Waals surface area contributed by atoms with Crippen LogP contribution in [0.4, 0.5) is 5.69 Å². The highest BCUT2D eigenvalue weighted by Crippen LogP contribution is 2.29. The molecule has 0 fully saturated rings. The molecule has 3 rings (SSSR count). The van der Waals surface area contributed by atoms with Crippen molar-refractivity contribution in [2.24, 2.45) is 0 Å². The summed E-state index contributed by atoms with van der Waals surface area (Å²) in [5.74, 6) is 1.32. The van der Waals surface area contributed by atoms with Crippen molar-refractivity contribution in [3.63, 3.8) is 0 Å². The molecular formula is C23H24N2O2. The summed E-state index contributed by atoms with van der Waals surface area (Å²) in [6, 6.07) is 19.0. The van der Waals surface area contributed by atoms with Gasteiger partial charge in [-0.2, -0.15) is 0 Å². The van der Waals surface area contributed by atoms with E-state index in [1.165, 1.54) is 11.8 Å². The van der Waals surface area contributed by atoms with Gasteiger partial charge in [0.1, 0.15) is 11.5 Å². The lowest BCUT2D eigenvalue weighted by molar-refractivity contribution is 0.102. The third-order valence-corrected chi connectivity index (χ3v) is 4.79. The van der Waals surface area contributed by atoms with Crippen LogP contribution < -0.4 is 10.1 Å². The van der Waals surface area contributed by atoms with Gasteiger partial charge in [-0.1, -0.05) is 32.9 Å². The number of amides is 1. The van der Waals surface area contributed by atoms with Gasteiger partial charge >= 0.3 is 0 Å². The van der Waals surface area contributed by atoms with Gasteiger partial charge in [-0.05, 0) is 65.9 Å². The molecule has 1 N–H and O–H groups in total. The summed E-state index contributed by atoms with van der Waals surface area (Å²) in [6.07, 6.45) is 4.26. The number of hydrogen-bond donors (Lipinski definition) is 1. The monoisotopic (exact) mass is 360 g/mol. The van der Waals surface area contributed by atoms with Crippen molar-refractivity contribution < 1.29 is 9.53 Å². The van der Waals surface area contributed by atoms with E-state index in [9.17, 15) is 4.79 Å². The number of anilines is 1. The number of rotatable bonds is 6. The van der Waals surface area contributed by atoms with Gasteiger partial charge in [-0.25, -0.2) is 0 Å². The summed E-state index contributed by atoms with van der Waals surface area (Å²) in [7, 11) is 0. The van der Waals surface area contributed by atoms with E-state index in [2.05, 4.69) is 43.2 Å². The van der Waals surface area contributed by atoms with Crippen LogP contribution in [-0.4, -0.2) is 10.9 Å². The Morgan fingerprint density at radius 3 is 2.19 bits per heavy atom. The smallest absolute Gasteiger partial charge is 0.257 e. The van der Waals surface area contributed by atoms with E-state index >= 15 is 0 Å². The van der Waals surface area contributed by atoms with Gasteiger partial charge < -0.3 is 10.1 Å². The lowest BCUT2D eigenvalue weighted by atomic mass is 9.82. The van der Waals surface area contributed by atoms with Gasteiger partial charge in [-0.3, -0.25) is 9.78 Å². The van der Waals surface area contributed by atoms with Crippen molar-refractivity contribution in [2.75, 3.05) is 5.32 Å². The second-order valence-corrected chi connectivity index (χ2v) is 7.08. The van der Waals surface area contributed by atoms with Crippen LogP contribution in [0.25, 0.3) is 0 Å². The summed E-state index contributed by atoms with van der Waals surface area (Å²) in [4.78, 5) is 16.1. The molecule has 1 aromatic heterocycles. The highest BCUT2D eigenvalue weighted by Gasteiger charge is 2.17. The van der Waals surface area contributed by atoms with Crippen molar-refractivity contribution in [3.05, 3.63) is 84.2 Å². The molecular weight excluding hydrogens is 336 g/mol. The molecule has 0 aliphatic carbocycles. The first-order chi connectivity index (χ1) is 13.0. The molecule has 0 aliphatic rings. The van der Waals surface area contributed by atoms with Crippen molar-refractivity contribution in [2.45, 2.75) is 32.6 Å². The first-order valence-corrected chi connectivity index (χ1v) is 9.08. The Labute approximate surface area is 160 Å². The maximum atomic E-state index is 12.1. The van der Waals surface area contributed by atoms with Gasteiger partial charge in [0.15, 0.2) is 0 Å². The molecule has 0 spiro atoms. The van der Waals surface area contributed by atoms with Crippen LogP contribution in [0.3, 0.4) is 0 Å². The van der Waals surface area contributed by atoms with Crippen LogP contribution in [0.2, 0.25) is 0 Å². The molecule has 0 aliphatic heterocycles. The second kappa shape index (κ2) is 8.04. The number of carbonyl (C=O) groups excluding carboxylic acids is 1. The van der Waals surface area contributed by atoms with Gasteiger partial charge in [0.25, 0.3) is 5.91 Å². The zero-order chi connectivity index (χ0) is 19.3. The molecule has 27 heavy (non-hydrogen) atoms. The standard InChI is InChI=1S/C23H24N2O2/c1-4-23(2,3)18-7-11-20(12-8-18)27-21-13-9-19(10-14-21)25-22(26)17-6-5-15-24-16-17/h5-16H,4H2,1-3H3,(H,25,26). The Bertz CT molecular complexity index is 886. The molecule has 4 heteroatoms. The van der Waals surface area contributed by atoms with Crippen LogP contribution >= 0.6 is 0 Å². The lowest BCUT2D eigenvalue weighted by Crippen LogP contribution is -2.14. The fourth-order valence-corrected chi connectivity index (χ4v) is 2.62. The molecule has 0 saturated heterocycles. The third-order valence-electron chi connectivity index (χ3n) is 4.79. The predicted octanol–water partition coefficient (Wildman–Crippen LogP) is 5.81. The number of ether oxygens (including phenoxy) is 1. The molecule has 0 bridgehead atoms. The van der Waals surface area contributed by atoms with Crippen LogP contribution in [0.5, 0.6) is 11.5 Å². The summed E-state index contributed by atoms with van der Waals surface area (Å²) in [5.41, 5.74) is 2.68. The molecule has 138 valence electrons. The second-order valence-electron chi connectivity index (χ2n) is 7.08.